The van der Waals surface area contributed by atoms with Gasteiger partial charge in [0.2, 0.25) is 0 Å². The van der Waals surface area contributed by atoms with E-state index in [1.807, 2.05) is 206 Å². The van der Waals surface area contributed by atoms with Gasteiger partial charge in [0.05, 0.1) is 10.8 Å². The van der Waals surface area contributed by atoms with Crippen LogP contribution in [0.1, 0.15) is 118 Å². The van der Waals surface area contributed by atoms with Crippen molar-refractivity contribution in [1.29, 1.82) is 0 Å². The molecule has 14 aromatic carbocycles. The molecule has 4 aliphatic carbocycles. The molecule has 0 radical (unpaired) electrons. The van der Waals surface area contributed by atoms with Crippen LogP contribution in [0.4, 0.5) is 69.2 Å². The summed E-state index contributed by atoms with van der Waals surface area (Å²) in [5, 5.41) is 0. The zero-order valence-electron chi connectivity index (χ0n) is 60.9. The highest BCUT2D eigenvalue weighted by molar-refractivity contribution is 5.92. The maximum atomic E-state index is 17.4. The topological polar surface area (TPSA) is 24.9 Å². The van der Waals surface area contributed by atoms with E-state index in [-0.39, 0.29) is 0 Å². The standard InChI is InChI=1S/C99H70F8N2O2/c1-7-59-17-37-73(38-18-59)110-75-41-25-63(26-42-75)98(61-21-29-65(100)30-22-61)81-15-11-9-13-77(81)79-45-33-69(53-85(79)98)108(93-89(104)49-67(102)50-90(93)105)71-35-47-83-87(55-71)97(57-95(83,3)4)58-96(5,6)84-48-36-72(56-88(84)97)109(94-91(106)51-68(103)52-92(94)107)70-34-46-80-78-14-10-12-16-82(78)99(86(80)54-70,62-23-31-66(101)32-24-62)64-27-43-76(44-28-64)111-74-39-19-60(8-2)20-40-74/h7-56H,1-2,57-58H2,3-6H3. The SMILES string of the molecule is C=Cc1ccc(Oc2ccc(C3(c4ccc(F)cc4)c4ccccc4-c4ccc(N(c5ccc6c(c5)C5(CC6(C)C)CC(C)(C)c6ccc(N(c7ccc8c(c7)C(c7ccc(F)cc7)(c7ccc(Oc9ccc(C=C)cc9)cc7)c7ccccc7-8)c7c(F)cc(F)cc7F)cc65)c5c(F)cc(F)cc5F)cc43)cc2)cc1. The molecule has 0 bridgehead atoms. The number of ether oxygens (including phenoxy) is 2. The summed E-state index contributed by atoms with van der Waals surface area (Å²) in [6.45, 7) is 16.4. The van der Waals surface area contributed by atoms with Crippen molar-refractivity contribution in [2.45, 2.75) is 67.6 Å². The summed E-state index contributed by atoms with van der Waals surface area (Å²) in [6.07, 6.45) is 4.54. The van der Waals surface area contributed by atoms with Gasteiger partial charge in [-0.1, -0.05) is 199 Å². The molecule has 0 fully saturated rings. The van der Waals surface area contributed by atoms with E-state index in [0.29, 0.717) is 105 Å². The van der Waals surface area contributed by atoms with Crippen molar-refractivity contribution >= 4 is 46.3 Å². The predicted molar refractivity (Wildman–Crippen MR) is 426 cm³/mol. The molecule has 4 aliphatic rings. The van der Waals surface area contributed by atoms with Gasteiger partial charge in [-0.2, -0.15) is 0 Å². The summed E-state index contributed by atoms with van der Waals surface area (Å²) in [5.74, 6) is -5.44. The molecular formula is C99H70F8N2O2. The van der Waals surface area contributed by atoms with E-state index >= 15 is 35.1 Å². The first kappa shape index (κ1) is 69.9. The summed E-state index contributed by atoms with van der Waals surface area (Å²) < 4.78 is 144. The molecule has 0 aromatic heterocycles. The molecule has 14 aromatic rings. The molecule has 544 valence electrons. The fourth-order valence-electron chi connectivity index (χ4n) is 18.9. The van der Waals surface area contributed by atoms with Crippen LogP contribution in [-0.2, 0) is 27.1 Å². The van der Waals surface area contributed by atoms with Crippen LogP contribution in [0.3, 0.4) is 0 Å². The number of benzene rings is 14. The summed E-state index contributed by atoms with van der Waals surface area (Å²) in [6, 6.07) is 84.7. The Kier molecular flexibility index (Phi) is 16.5. The van der Waals surface area contributed by atoms with Crippen molar-refractivity contribution in [3.8, 4) is 45.3 Å². The largest absolute Gasteiger partial charge is 0.457 e. The van der Waals surface area contributed by atoms with Gasteiger partial charge in [0.15, 0.2) is 23.3 Å². The second-order valence-corrected chi connectivity index (χ2v) is 30.6. The molecule has 0 saturated heterocycles. The molecular weight excluding hydrogens is 1400 g/mol. The van der Waals surface area contributed by atoms with Gasteiger partial charge in [-0.3, -0.25) is 0 Å². The monoisotopic (exact) mass is 1470 g/mol. The quantitative estimate of drug-likeness (QED) is 0.0900. The number of hydrogen-bond donors (Lipinski definition) is 0. The van der Waals surface area contributed by atoms with Crippen LogP contribution in [0.15, 0.2) is 304 Å². The maximum absolute atomic E-state index is 17.4. The highest BCUT2D eigenvalue weighted by atomic mass is 19.2. The first-order chi connectivity index (χ1) is 53.6. The van der Waals surface area contributed by atoms with Gasteiger partial charge >= 0.3 is 0 Å². The maximum Gasteiger partial charge on any atom is 0.153 e. The lowest BCUT2D eigenvalue weighted by Gasteiger charge is -2.35. The van der Waals surface area contributed by atoms with Crippen LogP contribution in [0.25, 0.3) is 34.4 Å². The molecule has 0 saturated carbocycles. The van der Waals surface area contributed by atoms with Gasteiger partial charge in [-0.25, -0.2) is 35.1 Å². The third kappa shape index (κ3) is 11.1. The molecule has 12 heteroatoms. The lowest BCUT2D eigenvalue weighted by atomic mass is 9.67. The number of fused-ring (bicyclic) bond motifs is 10. The minimum atomic E-state index is -1.18. The zero-order chi connectivity index (χ0) is 76.6. The van der Waals surface area contributed by atoms with Crippen LogP contribution in [-0.4, -0.2) is 0 Å². The number of halogens is 8. The van der Waals surface area contributed by atoms with Gasteiger partial charge in [0.25, 0.3) is 0 Å². The second kappa shape index (κ2) is 26.2. The lowest BCUT2D eigenvalue weighted by molar-refractivity contribution is 0.349. The Morgan fingerprint density at radius 3 is 0.910 bits per heavy atom. The summed E-state index contributed by atoms with van der Waals surface area (Å²) in [4.78, 5) is 3.00. The lowest BCUT2D eigenvalue weighted by Crippen LogP contribution is -2.29. The molecule has 0 aliphatic heterocycles. The molecule has 18 rings (SSSR count). The first-order valence-corrected chi connectivity index (χ1v) is 36.8. The van der Waals surface area contributed by atoms with Gasteiger partial charge in [-0.15, -0.1) is 0 Å². The highest BCUT2D eigenvalue weighted by Crippen LogP contribution is 2.66. The van der Waals surface area contributed by atoms with Gasteiger partial charge in [0.1, 0.15) is 57.6 Å². The van der Waals surface area contributed by atoms with E-state index < -0.39 is 85.0 Å². The van der Waals surface area contributed by atoms with E-state index in [9.17, 15) is 0 Å². The molecule has 0 N–H and O–H groups in total. The van der Waals surface area contributed by atoms with Gasteiger partial charge < -0.3 is 19.3 Å². The minimum Gasteiger partial charge on any atom is -0.457 e. The van der Waals surface area contributed by atoms with Crippen molar-refractivity contribution < 1.29 is 44.6 Å². The molecule has 2 atom stereocenters. The predicted octanol–water partition coefficient (Wildman–Crippen LogP) is 27.0. The Balaban J connectivity index is 0.809. The first-order valence-electron chi connectivity index (χ1n) is 36.8. The molecule has 111 heavy (non-hydrogen) atoms. The average Bonchev–Trinajstić information content (AvgIpc) is 1.54. The third-order valence-corrected chi connectivity index (χ3v) is 23.3. The fourth-order valence-corrected chi connectivity index (χ4v) is 18.9. The number of rotatable bonds is 16. The van der Waals surface area contributed by atoms with Crippen LogP contribution in [0.2, 0.25) is 0 Å². The van der Waals surface area contributed by atoms with E-state index in [2.05, 4.69) is 40.9 Å². The van der Waals surface area contributed by atoms with E-state index in [4.69, 9.17) is 9.47 Å². The van der Waals surface area contributed by atoms with E-state index in [1.54, 1.807) is 48.6 Å². The Morgan fingerprint density at radius 1 is 0.288 bits per heavy atom. The Morgan fingerprint density at radius 2 is 0.577 bits per heavy atom. The molecule has 0 amide bonds. The Bertz CT molecular complexity index is 5690. The minimum absolute atomic E-state index is 0.317. The summed E-state index contributed by atoms with van der Waals surface area (Å²) >= 11 is 0. The van der Waals surface area contributed by atoms with Gasteiger partial charge in [-0.05, 0) is 245 Å². The van der Waals surface area contributed by atoms with Crippen LogP contribution in [0.5, 0.6) is 23.0 Å². The Labute approximate surface area is 638 Å². The molecule has 1 spiro atoms. The molecule has 2 unspecified atom stereocenters. The van der Waals surface area contributed by atoms with Crippen LogP contribution in [0, 0.1) is 46.5 Å². The third-order valence-electron chi connectivity index (χ3n) is 23.3. The van der Waals surface area contributed by atoms with Crippen LogP contribution < -0.4 is 19.3 Å². The van der Waals surface area contributed by atoms with Crippen molar-refractivity contribution in [2.75, 3.05) is 9.80 Å². The van der Waals surface area contributed by atoms with Gasteiger partial charge in [0, 0.05) is 52.4 Å². The normalized spacial score (nSPS) is 17.6. The van der Waals surface area contributed by atoms with E-state index in [1.165, 1.54) is 34.1 Å². The zero-order valence-corrected chi connectivity index (χ0v) is 60.9. The highest BCUT2D eigenvalue weighted by Gasteiger charge is 2.57. The number of nitrogens with zero attached hydrogens (tertiary/aromatic N) is 2. The van der Waals surface area contributed by atoms with Crippen molar-refractivity contribution in [1.82, 2.24) is 0 Å². The summed E-state index contributed by atoms with van der Waals surface area (Å²) in [7, 11) is 0. The fraction of sp³-hybridized carbons (Fsp3) is 0.111. The molecule has 0 heterocycles. The van der Waals surface area contributed by atoms with E-state index in [0.717, 1.165) is 77.9 Å². The number of hydrogen-bond acceptors (Lipinski definition) is 4. The van der Waals surface area contributed by atoms with Crippen molar-refractivity contribution in [2.24, 2.45) is 0 Å². The van der Waals surface area contributed by atoms with Crippen LogP contribution >= 0.6 is 0 Å². The second-order valence-electron chi connectivity index (χ2n) is 30.6. The average molecular weight is 1470 g/mol. The smallest absolute Gasteiger partial charge is 0.153 e. The Hall–Kier alpha value is -12.8. The van der Waals surface area contributed by atoms with Crippen molar-refractivity contribution in [3.05, 3.63) is 429 Å². The molecule has 4 nitrogen and oxygen atoms in total. The summed E-state index contributed by atoms with van der Waals surface area (Å²) in [5.41, 5.74) is 10.8. The van der Waals surface area contributed by atoms with Crippen molar-refractivity contribution in [3.63, 3.8) is 0 Å². The number of anilines is 6.